The van der Waals surface area contributed by atoms with Crippen LogP contribution in [-0.2, 0) is 0 Å². The summed E-state index contributed by atoms with van der Waals surface area (Å²) in [6.07, 6.45) is 11.0. The molecule has 1 saturated heterocycles. The molecule has 1 aromatic carbocycles. The molecule has 0 radical (unpaired) electrons. The normalized spacial score (nSPS) is 13.7. The van der Waals surface area contributed by atoms with Gasteiger partial charge in [-0.3, -0.25) is 4.99 Å². The van der Waals surface area contributed by atoms with E-state index >= 15 is 0 Å². The Morgan fingerprint density at radius 2 is 1.41 bits per heavy atom. The lowest BCUT2D eigenvalue weighted by Crippen LogP contribution is -2.32. The van der Waals surface area contributed by atoms with Gasteiger partial charge in [-0.05, 0) is 82.0 Å². The summed E-state index contributed by atoms with van der Waals surface area (Å²) < 4.78 is 0. The number of piperidine rings is 1. The number of hydrogen-bond acceptors (Lipinski definition) is 2. The molecule has 1 aliphatic rings. The minimum atomic E-state index is 0.448. The number of nitrogens with zero attached hydrogens (tertiary/aromatic N) is 1. The van der Waals surface area contributed by atoms with Crippen molar-refractivity contribution in [2.45, 2.75) is 148 Å². The van der Waals surface area contributed by atoms with Crippen LogP contribution in [0, 0.1) is 18.8 Å². The van der Waals surface area contributed by atoms with Crippen LogP contribution in [-0.4, -0.2) is 18.8 Å². The first-order chi connectivity index (χ1) is 19.7. The van der Waals surface area contributed by atoms with Crippen molar-refractivity contribution in [3.8, 4) is 0 Å². The van der Waals surface area contributed by atoms with E-state index in [0.717, 1.165) is 56.8 Å². The van der Waals surface area contributed by atoms with Gasteiger partial charge in [-0.15, -0.1) is 0 Å². The van der Waals surface area contributed by atoms with E-state index in [1.54, 1.807) is 0 Å². The second-order valence-electron chi connectivity index (χ2n) is 10.6. The largest absolute Gasteiger partial charge is 0.311 e. The molecule has 2 heteroatoms. The van der Waals surface area contributed by atoms with E-state index in [-0.39, 0.29) is 0 Å². The Kier molecular flexibility index (Phi) is 31.4. The molecule has 0 aromatic heterocycles. The van der Waals surface area contributed by atoms with Gasteiger partial charge in [0.05, 0.1) is 5.71 Å². The third-order valence-electron chi connectivity index (χ3n) is 7.09. The van der Waals surface area contributed by atoms with Crippen LogP contribution in [0.5, 0.6) is 0 Å². The molecular weight excluding hydrogens is 496 g/mol. The molecule has 1 unspecified atom stereocenters. The summed E-state index contributed by atoms with van der Waals surface area (Å²) in [6, 6.07) is 8.67. The maximum absolute atomic E-state index is 4.95. The molecule has 1 fully saturated rings. The van der Waals surface area contributed by atoms with Crippen molar-refractivity contribution in [1.29, 1.82) is 0 Å². The fourth-order valence-corrected chi connectivity index (χ4v) is 4.81. The molecule has 0 aliphatic carbocycles. The number of rotatable bonds is 12. The van der Waals surface area contributed by atoms with E-state index in [2.05, 4.69) is 91.2 Å². The fraction of sp³-hybridized carbons (Fsp3) is 0.667. The number of benzene rings is 1. The number of allylic oxidation sites excluding steroid dienone is 3. The predicted octanol–water partition coefficient (Wildman–Crippen LogP) is 12.8. The molecule has 2 nitrogen and oxygen atoms in total. The van der Waals surface area contributed by atoms with Crippen LogP contribution in [0.1, 0.15) is 152 Å². The van der Waals surface area contributed by atoms with Crippen LogP contribution >= 0.6 is 0 Å². The zero-order valence-electron chi connectivity index (χ0n) is 30.1. The maximum atomic E-state index is 4.95. The van der Waals surface area contributed by atoms with Crippen LogP contribution in [0.3, 0.4) is 0 Å². The Morgan fingerprint density at radius 3 is 1.88 bits per heavy atom. The molecule has 1 N–H and O–H groups in total. The van der Waals surface area contributed by atoms with Gasteiger partial charge < -0.3 is 5.32 Å². The van der Waals surface area contributed by atoms with E-state index in [4.69, 9.17) is 4.99 Å². The number of aryl methyl sites for hydroxylation is 1. The molecular formula is C39H72N2. The molecule has 41 heavy (non-hydrogen) atoms. The van der Waals surface area contributed by atoms with Gasteiger partial charge in [-0.1, -0.05) is 143 Å². The third-order valence-corrected chi connectivity index (χ3v) is 7.09. The zero-order chi connectivity index (χ0) is 32.2. The molecule has 2 rings (SSSR count). The second kappa shape index (κ2) is 29.6. The highest BCUT2D eigenvalue weighted by atomic mass is 14.9. The first-order valence-corrected chi connectivity index (χ1v) is 17.1. The first kappa shape index (κ1) is 43.5. The van der Waals surface area contributed by atoms with Gasteiger partial charge in [0.2, 0.25) is 0 Å². The lowest BCUT2D eigenvalue weighted by atomic mass is 9.93. The van der Waals surface area contributed by atoms with Crippen molar-refractivity contribution < 1.29 is 0 Å². The summed E-state index contributed by atoms with van der Waals surface area (Å²) in [5.74, 6) is 1.41. The maximum Gasteiger partial charge on any atom is 0.0576 e. The van der Waals surface area contributed by atoms with Crippen molar-refractivity contribution in [3.63, 3.8) is 0 Å². The molecule has 0 amide bonds. The van der Waals surface area contributed by atoms with Crippen LogP contribution in [0.4, 0.5) is 0 Å². The highest BCUT2D eigenvalue weighted by Gasteiger charge is 2.17. The Hall–Kier alpha value is -1.93. The topological polar surface area (TPSA) is 24.4 Å². The number of hydrogen-bond donors (Lipinski definition) is 1. The van der Waals surface area contributed by atoms with E-state index in [1.807, 2.05) is 41.5 Å². The van der Waals surface area contributed by atoms with Crippen molar-refractivity contribution in [1.82, 2.24) is 5.32 Å². The molecule has 1 aliphatic heterocycles. The van der Waals surface area contributed by atoms with Crippen LogP contribution in [0.25, 0.3) is 5.57 Å². The molecule has 0 bridgehead atoms. The van der Waals surface area contributed by atoms with E-state index in [0.29, 0.717) is 5.92 Å². The van der Waals surface area contributed by atoms with Gasteiger partial charge in [0.25, 0.3) is 0 Å². The smallest absolute Gasteiger partial charge is 0.0576 e. The monoisotopic (exact) mass is 569 g/mol. The second-order valence-corrected chi connectivity index (χ2v) is 10.6. The fourth-order valence-electron chi connectivity index (χ4n) is 4.81. The van der Waals surface area contributed by atoms with Gasteiger partial charge in [0.1, 0.15) is 0 Å². The van der Waals surface area contributed by atoms with Gasteiger partial charge in [-0.25, -0.2) is 0 Å². The lowest BCUT2D eigenvalue weighted by Gasteiger charge is -2.22. The molecule has 1 aromatic rings. The number of aliphatic imine (C=N–C) groups is 1. The van der Waals surface area contributed by atoms with Crippen LogP contribution < -0.4 is 5.32 Å². The quantitative estimate of drug-likeness (QED) is 0.266. The zero-order valence-corrected chi connectivity index (χ0v) is 30.1. The molecule has 1 heterocycles. The molecule has 0 spiro atoms. The van der Waals surface area contributed by atoms with Gasteiger partial charge in [0.15, 0.2) is 0 Å². The van der Waals surface area contributed by atoms with E-state index in [9.17, 15) is 0 Å². The Labute approximate surface area is 259 Å². The molecule has 238 valence electrons. The highest BCUT2D eigenvalue weighted by molar-refractivity contribution is 6.03. The summed E-state index contributed by atoms with van der Waals surface area (Å²) in [5, 5.41) is 3.44. The number of nitrogens with one attached hydrogen (secondary N) is 1. The summed E-state index contributed by atoms with van der Waals surface area (Å²) in [4.78, 5) is 4.95. The van der Waals surface area contributed by atoms with Crippen molar-refractivity contribution in [2.24, 2.45) is 16.8 Å². The van der Waals surface area contributed by atoms with Crippen LogP contribution in [0.15, 0.2) is 59.3 Å². The SMILES string of the molecule is C=C(CCCC(CC)C(=C)N=C1CNCCC1=C(C)C)c1ccc(C)cc1.CC.CC.CC.CCCC(C)CCC. The van der Waals surface area contributed by atoms with E-state index < -0.39 is 0 Å². The predicted molar refractivity (Wildman–Crippen MR) is 193 cm³/mol. The van der Waals surface area contributed by atoms with Crippen molar-refractivity contribution in [2.75, 3.05) is 13.1 Å². The summed E-state index contributed by atoms with van der Waals surface area (Å²) in [6.45, 7) is 38.1. The molecule has 1 atom stereocenters. The van der Waals surface area contributed by atoms with Crippen LogP contribution in [0.2, 0.25) is 0 Å². The highest BCUT2D eigenvalue weighted by Crippen LogP contribution is 2.26. The minimum Gasteiger partial charge on any atom is -0.311 e. The third kappa shape index (κ3) is 20.6. The van der Waals surface area contributed by atoms with E-state index in [1.165, 1.54) is 59.2 Å². The minimum absolute atomic E-state index is 0.448. The standard InChI is InChI=1S/C25H36N2.C8H18.3C2H6/c1-7-22(10-8-9-20(5)23-13-11-19(4)12-14-23)21(6)27-25-17-26-16-15-24(25)18(2)3;1-4-6-8(3)7-5-2;3*1-2/h11-14,22,26H,5-10,15-17H2,1-4H3;8H,4-7H2,1-3H3;3*1-2H3. The van der Waals surface area contributed by atoms with Crippen molar-refractivity contribution >= 4 is 11.3 Å². The summed E-state index contributed by atoms with van der Waals surface area (Å²) in [7, 11) is 0. The summed E-state index contributed by atoms with van der Waals surface area (Å²) in [5.41, 5.74) is 8.80. The first-order valence-electron chi connectivity index (χ1n) is 17.1. The Bertz CT molecular complexity index is 816. The average Bonchev–Trinajstić information content (AvgIpc) is 2.99. The molecule has 0 saturated carbocycles. The lowest BCUT2D eigenvalue weighted by molar-refractivity contribution is 0.480. The summed E-state index contributed by atoms with van der Waals surface area (Å²) >= 11 is 0. The Morgan fingerprint density at radius 1 is 0.878 bits per heavy atom. The van der Waals surface area contributed by atoms with Gasteiger partial charge in [-0.2, -0.15) is 0 Å². The van der Waals surface area contributed by atoms with Gasteiger partial charge in [0, 0.05) is 18.2 Å². The van der Waals surface area contributed by atoms with Gasteiger partial charge >= 0.3 is 0 Å². The average molecular weight is 569 g/mol. The Balaban J connectivity index is -0.000000870. The van der Waals surface area contributed by atoms with Crippen molar-refractivity contribution in [3.05, 3.63) is 65.4 Å².